The fourth-order valence-electron chi connectivity index (χ4n) is 1.48. The van der Waals surface area contributed by atoms with E-state index in [1.807, 2.05) is 0 Å². The van der Waals surface area contributed by atoms with E-state index in [0.717, 1.165) is 0 Å². The number of nitrogens with zero attached hydrogens (tertiary/aromatic N) is 1. The standard InChI is InChI=1S/C11H12IN/c1-3-12-10-5-4-6-11-9(10)7-8-13(11)2/h3-8H,1-2H3. The van der Waals surface area contributed by atoms with Crippen molar-refractivity contribution in [2.75, 3.05) is 0 Å². The lowest BCUT2D eigenvalue weighted by Crippen LogP contribution is -1.83. The van der Waals surface area contributed by atoms with Gasteiger partial charge in [0.2, 0.25) is 0 Å². The van der Waals surface area contributed by atoms with Crippen molar-refractivity contribution in [3.05, 3.63) is 34.0 Å². The van der Waals surface area contributed by atoms with Gasteiger partial charge < -0.3 is 4.57 Å². The maximum Gasteiger partial charge on any atom is 0.0488 e. The molecule has 0 aliphatic heterocycles. The molecular weight excluding hydrogens is 273 g/mol. The van der Waals surface area contributed by atoms with Crippen molar-refractivity contribution in [2.45, 2.75) is 6.92 Å². The number of hydrogen-bond donors (Lipinski definition) is 0. The zero-order valence-corrected chi connectivity index (χ0v) is 9.95. The Balaban J connectivity index is 2.76. The minimum atomic E-state index is 0.103. The van der Waals surface area contributed by atoms with E-state index >= 15 is 0 Å². The summed E-state index contributed by atoms with van der Waals surface area (Å²) in [5.41, 5.74) is 1.35. The molecule has 0 amide bonds. The van der Waals surface area contributed by atoms with Crippen LogP contribution in [0.1, 0.15) is 6.92 Å². The summed E-state index contributed by atoms with van der Waals surface area (Å²) in [6.07, 6.45) is 2.13. The van der Waals surface area contributed by atoms with Gasteiger partial charge in [0, 0.05) is 27.7 Å². The fraction of sp³-hybridized carbons (Fsp3) is 0.182. The van der Waals surface area contributed by atoms with E-state index < -0.39 is 0 Å². The Bertz CT molecular complexity index is 454. The first-order chi connectivity index (χ1) is 6.33. The van der Waals surface area contributed by atoms with Gasteiger partial charge in [-0.25, -0.2) is 0 Å². The third-order valence-corrected chi connectivity index (χ3v) is 4.34. The molecule has 2 heteroatoms. The molecule has 0 aliphatic rings. The molecule has 1 nitrogen and oxygen atoms in total. The quantitative estimate of drug-likeness (QED) is 0.709. The topological polar surface area (TPSA) is 4.93 Å². The monoisotopic (exact) mass is 285 g/mol. The lowest BCUT2D eigenvalue weighted by Gasteiger charge is -1.97. The van der Waals surface area contributed by atoms with Gasteiger partial charge in [0.15, 0.2) is 0 Å². The largest absolute Gasteiger partial charge is 0.351 e. The van der Waals surface area contributed by atoms with E-state index in [4.69, 9.17) is 0 Å². The number of benzene rings is 1. The zero-order chi connectivity index (χ0) is 9.26. The van der Waals surface area contributed by atoms with E-state index in [1.165, 1.54) is 14.5 Å². The predicted molar refractivity (Wildman–Crippen MR) is 67.4 cm³/mol. The van der Waals surface area contributed by atoms with Crippen molar-refractivity contribution in [2.24, 2.45) is 7.05 Å². The van der Waals surface area contributed by atoms with Crippen molar-refractivity contribution in [1.29, 1.82) is 0 Å². The van der Waals surface area contributed by atoms with Crippen molar-refractivity contribution < 1.29 is 0 Å². The van der Waals surface area contributed by atoms with Gasteiger partial charge in [-0.2, -0.15) is 0 Å². The second-order valence-electron chi connectivity index (χ2n) is 2.93. The molecule has 2 aromatic rings. The highest BCUT2D eigenvalue weighted by Crippen LogP contribution is 2.23. The van der Waals surface area contributed by atoms with Crippen molar-refractivity contribution in [1.82, 2.24) is 4.57 Å². The van der Waals surface area contributed by atoms with Crippen LogP contribution in [0.4, 0.5) is 0 Å². The van der Waals surface area contributed by atoms with Gasteiger partial charge >= 0.3 is 0 Å². The SMILES string of the molecule is CC=Ic1cccc2c1ccn2C. The summed E-state index contributed by atoms with van der Waals surface area (Å²) in [6.45, 7) is 2.15. The van der Waals surface area contributed by atoms with E-state index in [1.54, 1.807) is 0 Å². The number of fused-ring (bicyclic) bond motifs is 1. The molecule has 1 heterocycles. The van der Waals surface area contributed by atoms with Crippen LogP contribution in [0.5, 0.6) is 0 Å². The molecule has 0 unspecified atom stereocenters. The van der Waals surface area contributed by atoms with Crippen LogP contribution >= 0.6 is 20.7 Å². The Hall–Kier alpha value is -0.640. The van der Waals surface area contributed by atoms with Gasteiger partial charge in [-0.05, 0) is 25.1 Å². The van der Waals surface area contributed by atoms with Crippen LogP contribution in [-0.2, 0) is 7.05 Å². The summed E-state index contributed by atoms with van der Waals surface area (Å²) in [7, 11) is 2.10. The maximum atomic E-state index is 2.31. The van der Waals surface area contributed by atoms with Gasteiger partial charge in [-0.1, -0.05) is 30.8 Å². The first-order valence-corrected chi connectivity index (χ1v) is 6.60. The number of aryl methyl sites for hydroxylation is 1. The Kier molecular flexibility index (Phi) is 2.49. The molecule has 13 heavy (non-hydrogen) atoms. The number of rotatable bonds is 1. The third-order valence-electron chi connectivity index (χ3n) is 2.10. The van der Waals surface area contributed by atoms with Crippen molar-refractivity contribution in [3.63, 3.8) is 0 Å². The molecule has 2 rings (SSSR count). The van der Waals surface area contributed by atoms with Crippen LogP contribution in [-0.4, -0.2) is 8.58 Å². The Morgan fingerprint density at radius 2 is 2.15 bits per heavy atom. The molecule has 0 saturated carbocycles. The molecule has 1 aromatic carbocycles. The van der Waals surface area contributed by atoms with Crippen molar-refractivity contribution >= 4 is 35.6 Å². The summed E-state index contributed by atoms with van der Waals surface area (Å²) in [6, 6.07) is 8.79. The lowest BCUT2D eigenvalue weighted by molar-refractivity contribution is 0.969. The molecule has 0 bridgehead atoms. The number of hydrogen-bond acceptors (Lipinski definition) is 0. The van der Waals surface area contributed by atoms with Crippen LogP contribution in [0.3, 0.4) is 0 Å². The summed E-state index contributed by atoms with van der Waals surface area (Å²) >= 11 is 0.103. The highest BCUT2D eigenvalue weighted by Gasteiger charge is 2.00. The van der Waals surface area contributed by atoms with E-state index in [0.29, 0.717) is 0 Å². The van der Waals surface area contributed by atoms with Crippen LogP contribution in [0.15, 0.2) is 30.5 Å². The van der Waals surface area contributed by atoms with Crippen molar-refractivity contribution in [3.8, 4) is 0 Å². The Morgan fingerprint density at radius 3 is 2.92 bits per heavy atom. The van der Waals surface area contributed by atoms with Gasteiger partial charge in [-0.3, -0.25) is 0 Å². The minimum Gasteiger partial charge on any atom is -0.351 e. The Labute approximate surface area is 88.1 Å². The van der Waals surface area contributed by atoms with E-state index in [-0.39, 0.29) is 20.7 Å². The third kappa shape index (κ3) is 1.55. The average Bonchev–Trinajstić information content (AvgIpc) is 2.50. The molecule has 0 N–H and O–H groups in total. The van der Waals surface area contributed by atoms with Crippen LogP contribution in [0.2, 0.25) is 0 Å². The number of halogens is 1. The summed E-state index contributed by atoms with van der Waals surface area (Å²) in [5, 5.41) is 1.43. The number of aromatic nitrogens is 1. The summed E-state index contributed by atoms with van der Waals surface area (Å²) < 4.78 is 6.01. The van der Waals surface area contributed by atoms with Gasteiger partial charge in [0.25, 0.3) is 0 Å². The fourth-order valence-corrected chi connectivity index (χ4v) is 3.36. The molecule has 68 valence electrons. The van der Waals surface area contributed by atoms with Gasteiger partial charge in [0.05, 0.1) is 0 Å². The van der Waals surface area contributed by atoms with Gasteiger partial charge in [0.1, 0.15) is 0 Å². The molecule has 0 fully saturated rings. The second-order valence-corrected chi connectivity index (χ2v) is 5.96. The molecule has 0 atom stereocenters. The van der Waals surface area contributed by atoms with Gasteiger partial charge in [-0.15, -0.1) is 0 Å². The van der Waals surface area contributed by atoms with Crippen LogP contribution < -0.4 is 0 Å². The molecule has 0 aliphatic carbocycles. The first kappa shape index (κ1) is 8.94. The van der Waals surface area contributed by atoms with E-state index in [2.05, 4.69) is 53.0 Å². The van der Waals surface area contributed by atoms with Crippen LogP contribution in [0, 0.1) is 3.57 Å². The molecule has 1 aromatic heterocycles. The molecule has 0 radical (unpaired) electrons. The highest BCUT2D eigenvalue weighted by atomic mass is 127. The first-order valence-electron chi connectivity index (χ1n) is 4.28. The average molecular weight is 285 g/mol. The summed E-state index contributed by atoms with van der Waals surface area (Å²) in [5.74, 6) is 0. The molecule has 0 saturated heterocycles. The maximum absolute atomic E-state index is 2.31. The molecular formula is C11H12IN. The minimum absolute atomic E-state index is 0.103. The predicted octanol–water partition coefficient (Wildman–Crippen LogP) is 3.14. The van der Waals surface area contributed by atoms with E-state index in [9.17, 15) is 0 Å². The smallest absolute Gasteiger partial charge is 0.0488 e. The lowest BCUT2D eigenvalue weighted by atomic mass is 10.2. The zero-order valence-electron chi connectivity index (χ0n) is 7.79. The second kappa shape index (κ2) is 3.62. The van der Waals surface area contributed by atoms with Crippen LogP contribution in [0.25, 0.3) is 10.9 Å². The summed E-state index contributed by atoms with van der Waals surface area (Å²) in [4.78, 5) is 0. The molecule has 0 spiro atoms. The normalized spacial score (nSPS) is 12.2. The Morgan fingerprint density at radius 1 is 1.31 bits per heavy atom. The highest BCUT2D eigenvalue weighted by molar-refractivity contribution is 14.2.